The first-order chi connectivity index (χ1) is 45.6. The van der Waals surface area contributed by atoms with Crippen LogP contribution in [0.4, 0.5) is 0 Å². The second kappa shape index (κ2) is 42.0. The first-order valence-corrected chi connectivity index (χ1v) is 35.6. The van der Waals surface area contributed by atoms with E-state index < -0.39 is 167 Å². The molecule has 2 fully saturated rings. The number of hydrogen-bond acceptors (Lipinski definition) is 17. The van der Waals surface area contributed by atoms with E-state index >= 15 is 24.0 Å². The number of ether oxygens (including phenoxy) is 3. The summed E-state index contributed by atoms with van der Waals surface area (Å²) in [6, 6.07) is -11.6. The number of esters is 1. The molecule has 26 nitrogen and oxygen atoms in total. The Morgan fingerprint density at radius 3 is 1.61 bits per heavy atom. The molecule has 2 heterocycles. The molecule has 2 rings (SSSR count). The number of ketones is 2. The van der Waals surface area contributed by atoms with Crippen molar-refractivity contribution in [3.05, 3.63) is 12.2 Å². The molecule has 14 atom stereocenters. The number of allylic oxidation sites excluding steroid dienone is 1. The Hall–Kier alpha value is -6.38. The maximum atomic E-state index is 15.2. The Bertz CT molecular complexity index is 2680. The lowest BCUT2D eigenvalue weighted by molar-refractivity contribution is -0.154. The maximum absolute atomic E-state index is 15.2. The van der Waals surface area contributed by atoms with E-state index in [4.69, 9.17) is 14.2 Å². The first kappa shape index (κ1) is 87.7. The maximum Gasteiger partial charge on any atom is 0.302 e. The van der Waals surface area contributed by atoms with Gasteiger partial charge in [-0.05, 0) is 108 Å². The topological polar surface area (TPSA) is 312 Å². The van der Waals surface area contributed by atoms with Gasteiger partial charge in [0.05, 0.1) is 31.5 Å². The average molecular weight is 1390 g/mol. The highest BCUT2D eigenvalue weighted by molar-refractivity contribution is 6.00. The van der Waals surface area contributed by atoms with Gasteiger partial charge in [0.25, 0.3) is 0 Å². The Labute approximate surface area is 585 Å². The zero-order chi connectivity index (χ0) is 74.9. The molecule has 0 saturated carbocycles. The fourth-order valence-corrected chi connectivity index (χ4v) is 12.8. The number of nitrogens with zero attached hydrogens (tertiary/aromatic N) is 7. The number of likely N-dealkylation sites (N-methyl/N-ethyl adjacent to an activating group) is 6. The standard InChI is InChI=1S/C72H126N10O16/c1-24-54-70(93)76(18)50(15)68(91)81(23)62(51(16)97-33-28-26-30-82-31-35-96-36-32-82)59(85)41-53(45(8)9)69(92)77(19)55(37-42(2)3)58(84)40-48(13)64(87)73-49(14)67(90)78(20)56(38-43(4)5)71(94)79(21)57(39-44(6)7)72(95)80(22)61(46(10)11)66(89)75-60(65(88)74-54)63(86)47(12)29-25-27-34-98-52(17)83/h25,27,42-51,53-57,60-63,86H,24,26,28-41H2,1-23H3,(H,73,87)(H,74,88)(H,75,89)/b27-25+/t47-,48-,49-,50-,51-,53+,54+,55+,56+,57+,60+,61+,62+,63-/m1/s1. The fraction of sp³-hybridized carbons (Fsp3) is 0.806. The normalized spacial score (nSPS) is 27.1. The number of aliphatic hydroxyl groups excluding tert-OH is 1. The van der Waals surface area contributed by atoms with Gasteiger partial charge >= 0.3 is 5.97 Å². The van der Waals surface area contributed by atoms with Crippen LogP contribution in [0.25, 0.3) is 0 Å². The lowest BCUT2D eigenvalue weighted by Crippen LogP contribution is -2.63. The number of aliphatic hydroxyl groups is 1. The van der Waals surface area contributed by atoms with E-state index in [0.717, 1.165) is 31.0 Å². The molecule has 4 N–H and O–H groups in total. The smallest absolute Gasteiger partial charge is 0.302 e. The summed E-state index contributed by atoms with van der Waals surface area (Å²) in [5.41, 5.74) is 0. The Morgan fingerprint density at radius 2 is 1.09 bits per heavy atom. The number of carbonyl (C=O) groups is 12. The monoisotopic (exact) mass is 1390 g/mol. The number of amides is 9. The van der Waals surface area contributed by atoms with Gasteiger partial charge in [0.2, 0.25) is 53.2 Å². The van der Waals surface area contributed by atoms with Crippen LogP contribution in [0, 0.1) is 47.3 Å². The second-order valence-corrected chi connectivity index (χ2v) is 29.4. The molecule has 0 unspecified atom stereocenters. The molecule has 98 heavy (non-hydrogen) atoms. The van der Waals surface area contributed by atoms with Gasteiger partial charge in [0, 0.05) is 93.6 Å². The molecule has 2 saturated heterocycles. The summed E-state index contributed by atoms with van der Waals surface area (Å²) in [6.45, 7) is 32.7. The van der Waals surface area contributed by atoms with Crippen molar-refractivity contribution in [1.29, 1.82) is 0 Å². The van der Waals surface area contributed by atoms with Gasteiger partial charge in [0.1, 0.15) is 54.9 Å². The van der Waals surface area contributed by atoms with Crippen LogP contribution < -0.4 is 16.0 Å². The lowest BCUT2D eigenvalue weighted by Gasteiger charge is -2.40. The summed E-state index contributed by atoms with van der Waals surface area (Å²) in [5.74, 6) is -12.1. The molecule has 0 spiro atoms. The number of nitrogens with one attached hydrogen (secondary N) is 3. The van der Waals surface area contributed by atoms with Gasteiger partial charge < -0.3 is 64.7 Å². The number of carbonyl (C=O) groups excluding carboxylic acids is 12. The summed E-state index contributed by atoms with van der Waals surface area (Å²) in [6.07, 6.45) is 1.87. The van der Waals surface area contributed by atoms with Crippen LogP contribution in [-0.4, -0.2) is 265 Å². The highest BCUT2D eigenvalue weighted by atomic mass is 16.5. The molecular formula is C72H126N10O16. The van der Waals surface area contributed by atoms with Crippen LogP contribution >= 0.6 is 0 Å². The van der Waals surface area contributed by atoms with Crippen molar-refractivity contribution in [2.24, 2.45) is 47.3 Å². The van der Waals surface area contributed by atoms with E-state index in [1.807, 2.05) is 41.5 Å². The van der Waals surface area contributed by atoms with Crippen LogP contribution in [0.5, 0.6) is 0 Å². The lowest BCUT2D eigenvalue weighted by atomic mass is 9.85. The van der Waals surface area contributed by atoms with E-state index in [1.54, 1.807) is 67.5 Å². The summed E-state index contributed by atoms with van der Waals surface area (Å²) in [4.78, 5) is 185. The Balaban J connectivity index is 3.00. The minimum absolute atomic E-state index is 0.0402. The van der Waals surface area contributed by atoms with Gasteiger partial charge in [-0.3, -0.25) is 62.4 Å². The zero-order valence-corrected chi connectivity index (χ0v) is 63.6. The SMILES string of the molecule is CC[C@@H]1NC(=O)[C@H]([C@H](O)[C@H](C)C/C=C/COC(C)=O)NC(=O)[C@H](C(C)C)N(C)C(=O)[C@H](CC(C)C)N(C)C(=O)[C@H](CC(C)C)N(C)C(=O)[C@@H](C)NC(=O)[C@H](C)CC(=O)[C@H](CC(C)C)N(C)C(=O)[C@H](C(C)C)CC(=O)[C@H]([C@@H](C)OCCCCN2CCOCC2)N(C)C(=O)[C@@H](C)N(C)C1=O. The van der Waals surface area contributed by atoms with Crippen LogP contribution in [0.2, 0.25) is 0 Å². The zero-order valence-electron chi connectivity index (χ0n) is 63.6. The number of Topliss-reactive ketones (excluding diaryl/α,β-unsaturated/α-hetero) is 2. The highest BCUT2D eigenvalue weighted by Gasteiger charge is 2.45. The van der Waals surface area contributed by atoms with Crippen molar-refractivity contribution in [2.45, 2.75) is 242 Å². The van der Waals surface area contributed by atoms with E-state index in [9.17, 15) is 38.7 Å². The molecule has 0 aliphatic carbocycles. The quantitative estimate of drug-likeness (QED) is 0.0658. The van der Waals surface area contributed by atoms with Crippen molar-refractivity contribution >= 4 is 70.7 Å². The van der Waals surface area contributed by atoms with Gasteiger partial charge in [-0.1, -0.05) is 102 Å². The van der Waals surface area contributed by atoms with Crippen molar-refractivity contribution < 1.29 is 76.9 Å². The Morgan fingerprint density at radius 1 is 0.571 bits per heavy atom. The highest BCUT2D eigenvalue weighted by Crippen LogP contribution is 2.28. The van der Waals surface area contributed by atoms with Crippen molar-refractivity contribution in [3.8, 4) is 0 Å². The van der Waals surface area contributed by atoms with E-state index in [0.29, 0.717) is 19.6 Å². The third kappa shape index (κ3) is 26.3. The molecule has 0 aromatic heterocycles. The summed E-state index contributed by atoms with van der Waals surface area (Å²) < 4.78 is 16.9. The van der Waals surface area contributed by atoms with Gasteiger partial charge in [0.15, 0.2) is 11.6 Å². The predicted molar refractivity (Wildman–Crippen MR) is 374 cm³/mol. The van der Waals surface area contributed by atoms with Crippen LogP contribution in [-0.2, 0) is 71.7 Å². The molecule has 0 aromatic rings. The number of hydrogen-bond donors (Lipinski definition) is 4. The summed E-state index contributed by atoms with van der Waals surface area (Å²) >= 11 is 0. The third-order valence-electron chi connectivity index (χ3n) is 19.1. The van der Waals surface area contributed by atoms with Crippen molar-refractivity contribution in [2.75, 3.05) is 88.3 Å². The minimum Gasteiger partial charge on any atom is -0.462 e. The largest absolute Gasteiger partial charge is 0.462 e. The molecule has 560 valence electrons. The molecule has 9 amide bonds. The number of morpholine rings is 1. The molecule has 2 aliphatic heterocycles. The summed E-state index contributed by atoms with van der Waals surface area (Å²) in [7, 11) is 8.60. The molecule has 0 bridgehead atoms. The average Bonchev–Trinajstić information content (AvgIpc) is 0.822. The summed E-state index contributed by atoms with van der Waals surface area (Å²) in [5, 5.41) is 20.4. The van der Waals surface area contributed by atoms with Crippen LogP contribution in [0.15, 0.2) is 12.2 Å². The number of rotatable bonds is 22. The fourth-order valence-electron chi connectivity index (χ4n) is 12.8. The van der Waals surface area contributed by atoms with E-state index in [2.05, 4.69) is 20.9 Å². The van der Waals surface area contributed by atoms with E-state index in [1.165, 1.54) is 87.6 Å². The first-order valence-electron chi connectivity index (χ1n) is 35.6. The van der Waals surface area contributed by atoms with E-state index in [-0.39, 0.29) is 75.9 Å². The molecule has 0 radical (unpaired) electrons. The number of unbranched alkanes of at least 4 members (excludes halogenated alkanes) is 1. The molecular weight excluding hydrogens is 1260 g/mol. The third-order valence-corrected chi connectivity index (χ3v) is 19.1. The second-order valence-electron chi connectivity index (χ2n) is 29.4. The molecule has 0 aromatic carbocycles. The van der Waals surface area contributed by atoms with Gasteiger partial charge in [-0.2, -0.15) is 0 Å². The molecule has 26 heteroatoms. The van der Waals surface area contributed by atoms with Gasteiger partial charge in [-0.25, -0.2) is 0 Å². The van der Waals surface area contributed by atoms with Crippen LogP contribution in [0.1, 0.15) is 175 Å². The predicted octanol–water partition coefficient (Wildman–Crippen LogP) is 4.51. The molecule has 2 aliphatic rings. The van der Waals surface area contributed by atoms with Crippen molar-refractivity contribution in [1.82, 2.24) is 50.2 Å². The Kier molecular flexibility index (Phi) is 37.6. The minimum atomic E-state index is -1.77. The van der Waals surface area contributed by atoms with Gasteiger partial charge in [-0.15, -0.1) is 0 Å². The van der Waals surface area contributed by atoms with Crippen LogP contribution in [0.3, 0.4) is 0 Å². The van der Waals surface area contributed by atoms with Crippen molar-refractivity contribution in [3.63, 3.8) is 0 Å².